The average Bonchev–Trinajstić information content (AvgIpc) is 2.27. The summed E-state index contributed by atoms with van der Waals surface area (Å²) in [7, 11) is 0. The predicted octanol–water partition coefficient (Wildman–Crippen LogP) is 3.19. The Labute approximate surface area is 113 Å². The van der Waals surface area contributed by atoms with Gasteiger partial charge in [-0.2, -0.15) is 0 Å². The molecule has 0 radical (unpaired) electrons. The third kappa shape index (κ3) is 4.39. The monoisotopic (exact) mass is 264 g/mol. The number of carbonyl (C=O) groups excluding carboxylic acids is 2. The van der Waals surface area contributed by atoms with Crippen molar-refractivity contribution in [2.45, 2.75) is 34.1 Å². The number of aromatic hydroxyl groups is 1. The molecular weight excluding hydrogens is 244 g/mol. The Bertz CT molecular complexity index is 483. The van der Waals surface area contributed by atoms with Crippen LogP contribution >= 0.6 is 0 Å². The fraction of sp³-hybridized carbons (Fsp3) is 0.467. The van der Waals surface area contributed by atoms with Crippen molar-refractivity contribution in [1.82, 2.24) is 0 Å². The first-order valence-electron chi connectivity index (χ1n) is 6.28. The third-order valence-corrected chi connectivity index (χ3v) is 2.50. The minimum absolute atomic E-state index is 0.0293. The van der Waals surface area contributed by atoms with Gasteiger partial charge in [-0.25, -0.2) is 4.79 Å². The van der Waals surface area contributed by atoms with Gasteiger partial charge < -0.3 is 9.84 Å². The van der Waals surface area contributed by atoms with Crippen LogP contribution in [-0.4, -0.2) is 23.5 Å². The molecule has 0 aliphatic heterocycles. The van der Waals surface area contributed by atoms with Crippen molar-refractivity contribution in [2.75, 3.05) is 6.61 Å². The Balaban J connectivity index is 3.02. The summed E-state index contributed by atoms with van der Waals surface area (Å²) in [6, 6.07) is 4.26. The number of esters is 1. The zero-order chi connectivity index (χ0) is 14.6. The predicted molar refractivity (Wildman–Crippen MR) is 72.5 cm³/mol. The molecule has 4 nitrogen and oxygen atoms in total. The van der Waals surface area contributed by atoms with Gasteiger partial charge in [-0.3, -0.25) is 4.79 Å². The molecule has 1 aromatic carbocycles. The lowest BCUT2D eigenvalue weighted by atomic mass is 9.87. The SMILES string of the molecule is CCOC(=O)c1cc(C(=O)CC(C)(C)C)ccc1O. The molecule has 1 rings (SSSR count). The van der Waals surface area contributed by atoms with E-state index in [1.54, 1.807) is 6.92 Å². The highest BCUT2D eigenvalue weighted by atomic mass is 16.5. The van der Waals surface area contributed by atoms with Crippen molar-refractivity contribution in [3.8, 4) is 5.75 Å². The molecule has 0 fully saturated rings. The molecule has 0 bridgehead atoms. The molecule has 0 amide bonds. The van der Waals surface area contributed by atoms with Crippen LogP contribution in [0.5, 0.6) is 5.75 Å². The molecule has 0 saturated carbocycles. The van der Waals surface area contributed by atoms with E-state index in [1.807, 2.05) is 20.8 Å². The Morgan fingerprint density at radius 3 is 2.42 bits per heavy atom. The fourth-order valence-corrected chi connectivity index (χ4v) is 1.67. The van der Waals surface area contributed by atoms with Crippen LogP contribution in [-0.2, 0) is 4.74 Å². The van der Waals surface area contributed by atoms with Crippen molar-refractivity contribution in [3.63, 3.8) is 0 Å². The Kier molecular flexibility index (Phi) is 4.70. The number of benzene rings is 1. The molecule has 0 saturated heterocycles. The van der Waals surface area contributed by atoms with E-state index in [2.05, 4.69) is 0 Å². The van der Waals surface area contributed by atoms with E-state index in [9.17, 15) is 14.7 Å². The van der Waals surface area contributed by atoms with Crippen LogP contribution in [0, 0.1) is 5.41 Å². The molecule has 0 aromatic heterocycles. The number of hydrogen-bond acceptors (Lipinski definition) is 4. The second-order valence-electron chi connectivity index (χ2n) is 5.61. The zero-order valence-corrected chi connectivity index (χ0v) is 11.8. The molecule has 1 N–H and O–H groups in total. The molecule has 0 aliphatic rings. The average molecular weight is 264 g/mol. The number of carbonyl (C=O) groups is 2. The maximum atomic E-state index is 12.1. The summed E-state index contributed by atoms with van der Waals surface area (Å²) in [4.78, 5) is 23.7. The molecule has 4 heteroatoms. The van der Waals surface area contributed by atoms with Gasteiger partial charge in [0.05, 0.1) is 6.61 Å². The summed E-state index contributed by atoms with van der Waals surface area (Å²) < 4.78 is 4.83. The number of hydrogen-bond donors (Lipinski definition) is 1. The summed E-state index contributed by atoms with van der Waals surface area (Å²) in [5.41, 5.74) is 0.316. The lowest BCUT2D eigenvalue weighted by Crippen LogP contribution is -2.14. The van der Waals surface area contributed by atoms with Crippen LogP contribution in [0.25, 0.3) is 0 Å². The highest BCUT2D eigenvalue weighted by Gasteiger charge is 2.20. The lowest BCUT2D eigenvalue weighted by molar-refractivity contribution is 0.0523. The molecular formula is C15H20O4. The highest BCUT2D eigenvalue weighted by Crippen LogP contribution is 2.25. The van der Waals surface area contributed by atoms with E-state index in [4.69, 9.17) is 4.74 Å². The molecule has 0 unspecified atom stereocenters. The van der Waals surface area contributed by atoms with Crippen molar-refractivity contribution in [3.05, 3.63) is 29.3 Å². The molecule has 0 aliphatic carbocycles. The van der Waals surface area contributed by atoms with Crippen LogP contribution in [0.15, 0.2) is 18.2 Å². The minimum Gasteiger partial charge on any atom is -0.507 e. The summed E-state index contributed by atoms with van der Waals surface area (Å²) >= 11 is 0. The van der Waals surface area contributed by atoms with Crippen LogP contribution in [0.3, 0.4) is 0 Å². The van der Waals surface area contributed by atoms with Crippen molar-refractivity contribution < 1.29 is 19.4 Å². The van der Waals surface area contributed by atoms with Crippen LogP contribution in [0.2, 0.25) is 0 Å². The highest BCUT2D eigenvalue weighted by molar-refractivity contribution is 6.00. The fourth-order valence-electron chi connectivity index (χ4n) is 1.67. The van der Waals surface area contributed by atoms with Gasteiger partial charge in [0.2, 0.25) is 0 Å². The van der Waals surface area contributed by atoms with Crippen LogP contribution < -0.4 is 0 Å². The number of phenols is 1. The van der Waals surface area contributed by atoms with Crippen LogP contribution in [0.4, 0.5) is 0 Å². The van der Waals surface area contributed by atoms with E-state index in [-0.39, 0.29) is 29.1 Å². The maximum absolute atomic E-state index is 12.1. The lowest BCUT2D eigenvalue weighted by Gasteiger charge is -2.17. The Hall–Kier alpha value is -1.84. The summed E-state index contributed by atoms with van der Waals surface area (Å²) in [6.07, 6.45) is 0.375. The van der Waals surface area contributed by atoms with Gasteiger partial charge in [-0.05, 0) is 30.5 Å². The normalized spacial score (nSPS) is 11.2. The summed E-state index contributed by atoms with van der Waals surface area (Å²) in [6.45, 7) is 7.81. The van der Waals surface area contributed by atoms with E-state index >= 15 is 0 Å². The standard InChI is InChI=1S/C15H20O4/c1-5-19-14(18)11-8-10(6-7-12(11)16)13(17)9-15(2,3)4/h6-8,16H,5,9H2,1-4H3. The van der Waals surface area contributed by atoms with E-state index in [0.717, 1.165) is 0 Å². The Morgan fingerprint density at radius 1 is 1.26 bits per heavy atom. The molecule has 104 valence electrons. The van der Waals surface area contributed by atoms with Gasteiger partial charge >= 0.3 is 5.97 Å². The number of ether oxygens (including phenoxy) is 1. The third-order valence-electron chi connectivity index (χ3n) is 2.50. The second-order valence-corrected chi connectivity index (χ2v) is 5.61. The first kappa shape index (κ1) is 15.2. The first-order valence-corrected chi connectivity index (χ1v) is 6.28. The topological polar surface area (TPSA) is 63.6 Å². The molecule has 0 spiro atoms. The van der Waals surface area contributed by atoms with Gasteiger partial charge in [0.25, 0.3) is 0 Å². The minimum atomic E-state index is -0.620. The zero-order valence-electron chi connectivity index (χ0n) is 11.8. The number of phenolic OH excluding ortho intramolecular Hbond substituents is 1. The second kappa shape index (κ2) is 5.87. The van der Waals surface area contributed by atoms with Crippen molar-refractivity contribution in [2.24, 2.45) is 5.41 Å². The van der Waals surface area contributed by atoms with Gasteiger partial charge in [0, 0.05) is 12.0 Å². The van der Waals surface area contributed by atoms with Gasteiger partial charge in [-0.1, -0.05) is 20.8 Å². The van der Waals surface area contributed by atoms with Gasteiger partial charge in [-0.15, -0.1) is 0 Å². The van der Waals surface area contributed by atoms with Gasteiger partial charge in [0.15, 0.2) is 5.78 Å². The smallest absolute Gasteiger partial charge is 0.341 e. The number of ketones is 1. The maximum Gasteiger partial charge on any atom is 0.341 e. The van der Waals surface area contributed by atoms with E-state index in [0.29, 0.717) is 12.0 Å². The summed E-state index contributed by atoms with van der Waals surface area (Å²) in [5, 5.41) is 9.63. The number of rotatable bonds is 4. The molecule has 0 heterocycles. The first-order chi connectivity index (χ1) is 8.74. The van der Waals surface area contributed by atoms with E-state index in [1.165, 1.54) is 18.2 Å². The molecule has 19 heavy (non-hydrogen) atoms. The molecule has 0 atom stereocenters. The molecule has 1 aromatic rings. The quantitative estimate of drug-likeness (QED) is 0.670. The van der Waals surface area contributed by atoms with Crippen LogP contribution in [0.1, 0.15) is 54.8 Å². The van der Waals surface area contributed by atoms with Crippen molar-refractivity contribution >= 4 is 11.8 Å². The number of Topliss-reactive ketones (excluding diaryl/α,β-unsaturated/α-hetero) is 1. The van der Waals surface area contributed by atoms with Gasteiger partial charge in [0.1, 0.15) is 11.3 Å². The largest absolute Gasteiger partial charge is 0.507 e. The Morgan fingerprint density at radius 2 is 1.89 bits per heavy atom. The van der Waals surface area contributed by atoms with E-state index < -0.39 is 5.97 Å². The summed E-state index contributed by atoms with van der Waals surface area (Å²) in [5.74, 6) is -0.853. The van der Waals surface area contributed by atoms with Crippen molar-refractivity contribution in [1.29, 1.82) is 0 Å².